The van der Waals surface area contributed by atoms with Crippen LogP contribution in [0, 0.1) is 5.92 Å². The fourth-order valence-corrected chi connectivity index (χ4v) is 4.15. The van der Waals surface area contributed by atoms with Crippen molar-refractivity contribution in [2.75, 3.05) is 13.1 Å². The van der Waals surface area contributed by atoms with Gasteiger partial charge in [0.25, 0.3) is 5.56 Å². The molecule has 1 aliphatic heterocycles. The lowest BCUT2D eigenvalue weighted by molar-refractivity contribution is 0.0762. The van der Waals surface area contributed by atoms with Crippen molar-refractivity contribution in [2.24, 2.45) is 5.92 Å². The van der Waals surface area contributed by atoms with Crippen molar-refractivity contribution < 1.29 is 0 Å². The Bertz CT molecular complexity index is 849. The zero-order valence-electron chi connectivity index (χ0n) is 15.1. The van der Waals surface area contributed by atoms with Crippen molar-refractivity contribution in [2.45, 2.75) is 57.5 Å². The van der Waals surface area contributed by atoms with Gasteiger partial charge in [0, 0.05) is 55.5 Å². The van der Waals surface area contributed by atoms with Gasteiger partial charge < -0.3 is 0 Å². The molecule has 2 aromatic rings. The normalized spacial score (nSPS) is 20.6. The van der Waals surface area contributed by atoms with Crippen LogP contribution in [0.5, 0.6) is 0 Å². The van der Waals surface area contributed by atoms with Crippen molar-refractivity contribution in [3.8, 4) is 0 Å². The van der Waals surface area contributed by atoms with E-state index < -0.39 is 0 Å². The molecule has 6 heteroatoms. The second kappa shape index (κ2) is 6.58. The molecule has 26 heavy (non-hydrogen) atoms. The van der Waals surface area contributed by atoms with E-state index in [0.717, 1.165) is 50.5 Å². The summed E-state index contributed by atoms with van der Waals surface area (Å²) in [6.07, 6.45) is 10.8. The molecule has 5 rings (SSSR count). The van der Waals surface area contributed by atoms with Crippen LogP contribution in [-0.2, 0) is 25.9 Å². The zero-order chi connectivity index (χ0) is 17.5. The molecule has 3 heterocycles. The summed E-state index contributed by atoms with van der Waals surface area (Å²) in [7, 11) is 0. The number of fused-ring (bicyclic) bond motifs is 1. The Morgan fingerprint density at radius 1 is 1.08 bits per heavy atom. The molecule has 2 fully saturated rings. The highest BCUT2D eigenvalue weighted by Crippen LogP contribution is 2.37. The van der Waals surface area contributed by atoms with E-state index in [2.05, 4.69) is 20.0 Å². The molecular formula is C20H25N5O. The monoisotopic (exact) mass is 351 g/mol. The minimum atomic E-state index is 0.0631. The average Bonchev–Trinajstić information content (AvgIpc) is 3.46. The maximum absolute atomic E-state index is 12.3. The Morgan fingerprint density at radius 3 is 2.62 bits per heavy atom. The van der Waals surface area contributed by atoms with Gasteiger partial charge >= 0.3 is 0 Å². The van der Waals surface area contributed by atoms with Crippen LogP contribution in [0.15, 0.2) is 23.3 Å². The van der Waals surface area contributed by atoms with Crippen molar-refractivity contribution in [1.29, 1.82) is 0 Å². The predicted octanol–water partition coefficient (Wildman–Crippen LogP) is 1.92. The molecule has 0 aromatic carbocycles. The second-order valence-corrected chi connectivity index (χ2v) is 8.13. The maximum Gasteiger partial charge on any atom is 0.267 e. The smallest absolute Gasteiger partial charge is 0.267 e. The molecule has 1 saturated carbocycles. The number of hydrogen-bond acceptors (Lipinski definition) is 5. The number of aryl methyl sites for hydroxylation is 2. The molecule has 2 aliphatic carbocycles. The standard InChI is InChI=1S/C20H25N5O/c26-19-7-17-3-1-2-4-18(17)23-25(19)13-15-11-24(12-15)10-14-8-21-20(22-9-14)16-5-6-16/h7-9,15-16H,1-6,10-13H2. The van der Waals surface area contributed by atoms with Gasteiger partial charge in [0.15, 0.2) is 0 Å². The lowest BCUT2D eigenvalue weighted by atomic mass is 9.96. The van der Waals surface area contributed by atoms with E-state index in [-0.39, 0.29) is 5.56 Å². The first kappa shape index (κ1) is 16.1. The quantitative estimate of drug-likeness (QED) is 0.823. The third kappa shape index (κ3) is 3.30. The third-order valence-electron chi connectivity index (χ3n) is 5.81. The van der Waals surface area contributed by atoms with Crippen LogP contribution in [0.3, 0.4) is 0 Å². The maximum atomic E-state index is 12.3. The predicted molar refractivity (Wildman–Crippen MR) is 97.9 cm³/mol. The molecule has 2 aromatic heterocycles. The lowest BCUT2D eigenvalue weighted by Crippen LogP contribution is -2.49. The molecule has 6 nitrogen and oxygen atoms in total. The van der Waals surface area contributed by atoms with Crippen LogP contribution in [0.4, 0.5) is 0 Å². The van der Waals surface area contributed by atoms with Crippen LogP contribution in [0.2, 0.25) is 0 Å². The number of likely N-dealkylation sites (tertiary alicyclic amines) is 1. The van der Waals surface area contributed by atoms with E-state index in [1.165, 1.54) is 36.8 Å². The van der Waals surface area contributed by atoms with Gasteiger partial charge in [0.1, 0.15) is 5.82 Å². The molecule has 0 spiro atoms. The molecule has 0 bridgehead atoms. The van der Waals surface area contributed by atoms with Crippen LogP contribution >= 0.6 is 0 Å². The SMILES string of the molecule is O=c1cc2c(nn1CC1CN(Cc3cnc(C4CC4)nc3)C1)CCCC2. The highest BCUT2D eigenvalue weighted by Gasteiger charge is 2.29. The lowest BCUT2D eigenvalue weighted by Gasteiger charge is -2.39. The summed E-state index contributed by atoms with van der Waals surface area (Å²) < 4.78 is 1.69. The summed E-state index contributed by atoms with van der Waals surface area (Å²) >= 11 is 0. The van der Waals surface area contributed by atoms with E-state index in [0.29, 0.717) is 11.8 Å². The Morgan fingerprint density at radius 2 is 1.85 bits per heavy atom. The summed E-state index contributed by atoms with van der Waals surface area (Å²) in [5, 5.41) is 4.64. The number of nitrogens with zero attached hydrogens (tertiary/aromatic N) is 5. The molecule has 0 atom stereocenters. The Labute approximate surface area is 153 Å². The largest absolute Gasteiger partial charge is 0.298 e. The summed E-state index contributed by atoms with van der Waals surface area (Å²) in [4.78, 5) is 23.7. The van der Waals surface area contributed by atoms with Gasteiger partial charge in [-0.1, -0.05) is 0 Å². The van der Waals surface area contributed by atoms with Crippen molar-refractivity contribution in [3.63, 3.8) is 0 Å². The summed E-state index contributed by atoms with van der Waals surface area (Å²) in [5.74, 6) is 2.13. The molecule has 3 aliphatic rings. The zero-order valence-corrected chi connectivity index (χ0v) is 15.1. The van der Waals surface area contributed by atoms with E-state index in [1.54, 1.807) is 4.68 Å². The highest BCUT2D eigenvalue weighted by molar-refractivity contribution is 5.20. The third-order valence-corrected chi connectivity index (χ3v) is 5.81. The van der Waals surface area contributed by atoms with Gasteiger partial charge in [0.05, 0.1) is 12.2 Å². The van der Waals surface area contributed by atoms with Gasteiger partial charge in [-0.15, -0.1) is 0 Å². The molecule has 136 valence electrons. The fraction of sp³-hybridized carbons (Fsp3) is 0.600. The number of rotatable bonds is 5. The summed E-state index contributed by atoms with van der Waals surface area (Å²) in [6.45, 7) is 3.65. The van der Waals surface area contributed by atoms with Gasteiger partial charge in [-0.05, 0) is 44.1 Å². The van der Waals surface area contributed by atoms with E-state index in [4.69, 9.17) is 0 Å². The van der Waals surface area contributed by atoms with Gasteiger partial charge in [0.2, 0.25) is 0 Å². The molecule has 0 amide bonds. The molecular weight excluding hydrogens is 326 g/mol. The van der Waals surface area contributed by atoms with Gasteiger partial charge in [-0.2, -0.15) is 5.10 Å². The van der Waals surface area contributed by atoms with E-state index >= 15 is 0 Å². The molecule has 0 radical (unpaired) electrons. The minimum Gasteiger partial charge on any atom is -0.298 e. The van der Waals surface area contributed by atoms with Crippen molar-refractivity contribution >= 4 is 0 Å². The highest BCUT2D eigenvalue weighted by atomic mass is 16.1. The molecule has 0 N–H and O–H groups in total. The van der Waals surface area contributed by atoms with Crippen molar-refractivity contribution in [3.05, 3.63) is 51.5 Å². The summed E-state index contributed by atoms with van der Waals surface area (Å²) in [5.41, 5.74) is 3.55. The molecule has 1 saturated heterocycles. The Balaban J connectivity index is 1.16. The van der Waals surface area contributed by atoms with Gasteiger partial charge in [-0.3, -0.25) is 9.69 Å². The van der Waals surface area contributed by atoms with Crippen LogP contribution in [0.25, 0.3) is 0 Å². The Kier molecular flexibility index (Phi) is 4.08. The van der Waals surface area contributed by atoms with Gasteiger partial charge in [-0.25, -0.2) is 14.6 Å². The topological polar surface area (TPSA) is 63.9 Å². The van der Waals surface area contributed by atoms with Crippen LogP contribution < -0.4 is 5.56 Å². The van der Waals surface area contributed by atoms with Crippen LogP contribution in [0.1, 0.15) is 54.2 Å². The summed E-state index contributed by atoms with van der Waals surface area (Å²) in [6, 6.07) is 1.82. The van der Waals surface area contributed by atoms with E-state index in [9.17, 15) is 4.79 Å². The number of hydrogen-bond donors (Lipinski definition) is 0. The van der Waals surface area contributed by atoms with E-state index in [1.807, 2.05) is 18.5 Å². The molecule has 0 unspecified atom stereocenters. The first-order chi connectivity index (χ1) is 12.7. The first-order valence-electron chi connectivity index (χ1n) is 9.88. The van der Waals surface area contributed by atoms with Crippen LogP contribution in [-0.4, -0.2) is 37.7 Å². The average molecular weight is 351 g/mol. The minimum absolute atomic E-state index is 0.0631. The van der Waals surface area contributed by atoms with Crippen molar-refractivity contribution in [1.82, 2.24) is 24.6 Å². The Hall–Kier alpha value is -2.08. The first-order valence-corrected chi connectivity index (χ1v) is 9.88. The second-order valence-electron chi connectivity index (χ2n) is 8.13. The number of aromatic nitrogens is 4. The fourth-order valence-electron chi connectivity index (χ4n) is 4.15.